The second kappa shape index (κ2) is 7.02. The Labute approximate surface area is 124 Å². The molecule has 0 atom stereocenters. The predicted octanol–water partition coefficient (Wildman–Crippen LogP) is 0.727. The summed E-state index contributed by atoms with van der Waals surface area (Å²) in [5.41, 5.74) is -0.800. The van der Waals surface area contributed by atoms with Gasteiger partial charge in [-0.1, -0.05) is 25.7 Å². The summed E-state index contributed by atoms with van der Waals surface area (Å²) in [7, 11) is 0. The van der Waals surface area contributed by atoms with Crippen molar-refractivity contribution in [2.75, 3.05) is 13.1 Å². The Balaban J connectivity index is 1.72. The lowest BCUT2D eigenvalue weighted by atomic mass is 9.94. The minimum Gasteiger partial charge on any atom is -0.388 e. The first-order chi connectivity index (χ1) is 10.0. The van der Waals surface area contributed by atoms with Gasteiger partial charge in [-0.2, -0.15) is 0 Å². The molecule has 3 amide bonds. The van der Waals surface area contributed by atoms with Crippen molar-refractivity contribution in [1.82, 2.24) is 10.2 Å². The van der Waals surface area contributed by atoms with Gasteiger partial charge >= 0.3 is 0 Å². The van der Waals surface area contributed by atoms with Gasteiger partial charge in [0, 0.05) is 32.4 Å². The molecule has 0 bridgehead atoms. The zero-order valence-corrected chi connectivity index (χ0v) is 12.4. The minimum absolute atomic E-state index is 0.105. The highest BCUT2D eigenvalue weighted by molar-refractivity contribution is 6.02. The third-order valence-corrected chi connectivity index (χ3v) is 4.37. The van der Waals surface area contributed by atoms with Gasteiger partial charge in [0.05, 0.1) is 5.60 Å². The topological polar surface area (TPSA) is 86.7 Å². The fraction of sp³-hybridized carbons (Fsp3) is 0.800. The molecule has 2 rings (SSSR count). The van der Waals surface area contributed by atoms with E-state index >= 15 is 0 Å². The van der Waals surface area contributed by atoms with E-state index in [1.165, 1.54) is 0 Å². The van der Waals surface area contributed by atoms with E-state index in [0.29, 0.717) is 0 Å². The van der Waals surface area contributed by atoms with Crippen LogP contribution in [0.25, 0.3) is 0 Å². The Hall–Kier alpha value is -1.43. The molecule has 0 aromatic rings. The number of rotatable bonds is 5. The van der Waals surface area contributed by atoms with E-state index in [4.69, 9.17) is 0 Å². The smallest absolute Gasteiger partial charge is 0.229 e. The van der Waals surface area contributed by atoms with Crippen LogP contribution in [0.4, 0.5) is 0 Å². The summed E-state index contributed by atoms with van der Waals surface area (Å²) in [5, 5.41) is 13.2. The van der Waals surface area contributed by atoms with Crippen molar-refractivity contribution in [2.24, 2.45) is 0 Å². The molecule has 1 saturated heterocycles. The van der Waals surface area contributed by atoms with E-state index in [9.17, 15) is 19.5 Å². The molecule has 0 unspecified atom stereocenters. The fourth-order valence-electron chi connectivity index (χ4n) is 3.00. The lowest BCUT2D eigenvalue weighted by Gasteiger charge is -2.27. The molecule has 6 heteroatoms. The molecule has 0 radical (unpaired) electrons. The van der Waals surface area contributed by atoms with E-state index < -0.39 is 5.60 Å². The van der Waals surface area contributed by atoms with Crippen LogP contribution in [-0.2, 0) is 14.4 Å². The largest absolute Gasteiger partial charge is 0.388 e. The van der Waals surface area contributed by atoms with Crippen molar-refractivity contribution in [3.63, 3.8) is 0 Å². The van der Waals surface area contributed by atoms with Crippen LogP contribution in [0.2, 0.25) is 0 Å². The van der Waals surface area contributed by atoms with Crippen LogP contribution >= 0.6 is 0 Å². The first-order valence-electron chi connectivity index (χ1n) is 7.82. The molecule has 1 saturated carbocycles. The monoisotopic (exact) mass is 296 g/mol. The Morgan fingerprint density at radius 1 is 1.10 bits per heavy atom. The number of hydrogen-bond acceptors (Lipinski definition) is 4. The van der Waals surface area contributed by atoms with Crippen LogP contribution in [0.15, 0.2) is 0 Å². The van der Waals surface area contributed by atoms with Gasteiger partial charge in [-0.15, -0.1) is 0 Å². The fourth-order valence-corrected chi connectivity index (χ4v) is 3.00. The molecule has 2 aliphatic rings. The molecule has 118 valence electrons. The number of carbonyl (C=O) groups is 3. The van der Waals surface area contributed by atoms with E-state index in [1.54, 1.807) is 0 Å². The summed E-state index contributed by atoms with van der Waals surface area (Å²) in [6.07, 6.45) is 6.29. The zero-order chi connectivity index (χ0) is 15.3. The van der Waals surface area contributed by atoms with Crippen molar-refractivity contribution in [3.05, 3.63) is 0 Å². The number of likely N-dealkylation sites (tertiary alicyclic amines) is 1. The number of aliphatic hydroxyl groups is 1. The third kappa shape index (κ3) is 4.52. The molecular formula is C15H24N2O4. The maximum absolute atomic E-state index is 11.8. The molecule has 1 heterocycles. The van der Waals surface area contributed by atoms with Crippen LogP contribution in [0.3, 0.4) is 0 Å². The Kier molecular flexibility index (Phi) is 5.33. The van der Waals surface area contributed by atoms with Crippen LogP contribution in [-0.4, -0.2) is 46.4 Å². The molecule has 2 fully saturated rings. The minimum atomic E-state index is -0.800. The maximum Gasteiger partial charge on any atom is 0.229 e. The van der Waals surface area contributed by atoms with Gasteiger partial charge in [-0.05, 0) is 12.8 Å². The highest BCUT2D eigenvalue weighted by Gasteiger charge is 2.30. The molecule has 0 spiro atoms. The first kappa shape index (κ1) is 15.9. The summed E-state index contributed by atoms with van der Waals surface area (Å²) in [5.74, 6) is -0.620. The van der Waals surface area contributed by atoms with Crippen molar-refractivity contribution >= 4 is 17.7 Å². The summed E-state index contributed by atoms with van der Waals surface area (Å²) in [6.45, 7) is 0.398. The van der Waals surface area contributed by atoms with Gasteiger partial charge < -0.3 is 10.4 Å². The summed E-state index contributed by atoms with van der Waals surface area (Å²) in [4.78, 5) is 35.8. The lowest BCUT2D eigenvalue weighted by Crippen LogP contribution is -2.43. The number of nitrogens with one attached hydrogen (secondary N) is 1. The molecular weight excluding hydrogens is 272 g/mol. The summed E-state index contributed by atoms with van der Waals surface area (Å²) < 4.78 is 0. The average molecular weight is 296 g/mol. The van der Waals surface area contributed by atoms with Crippen LogP contribution in [0.5, 0.6) is 0 Å². The molecule has 0 aromatic heterocycles. The molecule has 1 aliphatic carbocycles. The SMILES string of the molecule is O=C(CCN1C(=O)CCC1=O)NCC1(O)CCCCCC1. The van der Waals surface area contributed by atoms with E-state index in [0.717, 1.165) is 43.4 Å². The lowest BCUT2D eigenvalue weighted by molar-refractivity contribution is -0.138. The standard InChI is InChI=1S/C15H24N2O4/c18-12(7-10-17-13(19)5-6-14(17)20)16-11-15(21)8-3-1-2-4-9-15/h21H,1-11H2,(H,16,18). The van der Waals surface area contributed by atoms with Crippen LogP contribution < -0.4 is 5.32 Å². The molecule has 0 aromatic carbocycles. The second-order valence-electron chi connectivity index (χ2n) is 6.10. The normalized spacial score (nSPS) is 22.2. The Morgan fingerprint density at radius 3 is 2.24 bits per heavy atom. The number of amides is 3. The molecule has 1 aliphatic heterocycles. The van der Waals surface area contributed by atoms with Gasteiger partial charge in [0.1, 0.15) is 0 Å². The highest BCUT2D eigenvalue weighted by atomic mass is 16.3. The van der Waals surface area contributed by atoms with Crippen LogP contribution in [0, 0.1) is 0 Å². The number of hydrogen-bond donors (Lipinski definition) is 2. The first-order valence-corrected chi connectivity index (χ1v) is 7.82. The number of carbonyl (C=O) groups excluding carboxylic acids is 3. The van der Waals surface area contributed by atoms with Crippen molar-refractivity contribution in [2.45, 2.75) is 63.4 Å². The van der Waals surface area contributed by atoms with Crippen LogP contribution in [0.1, 0.15) is 57.8 Å². The highest BCUT2D eigenvalue weighted by Crippen LogP contribution is 2.26. The van der Waals surface area contributed by atoms with Crippen molar-refractivity contribution in [1.29, 1.82) is 0 Å². The van der Waals surface area contributed by atoms with E-state index in [2.05, 4.69) is 5.32 Å². The van der Waals surface area contributed by atoms with Crippen molar-refractivity contribution < 1.29 is 19.5 Å². The Bertz CT molecular complexity index is 398. The van der Waals surface area contributed by atoms with Gasteiger partial charge in [0.25, 0.3) is 0 Å². The summed E-state index contributed by atoms with van der Waals surface area (Å²) >= 11 is 0. The summed E-state index contributed by atoms with van der Waals surface area (Å²) in [6, 6.07) is 0. The Morgan fingerprint density at radius 2 is 1.67 bits per heavy atom. The van der Waals surface area contributed by atoms with E-state index in [1.807, 2.05) is 0 Å². The number of imide groups is 1. The molecule has 21 heavy (non-hydrogen) atoms. The number of nitrogens with zero attached hydrogens (tertiary/aromatic N) is 1. The van der Waals surface area contributed by atoms with Gasteiger partial charge in [0.15, 0.2) is 0 Å². The third-order valence-electron chi connectivity index (χ3n) is 4.37. The predicted molar refractivity (Wildman–Crippen MR) is 76.2 cm³/mol. The second-order valence-corrected chi connectivity index (χ2v) is 6.10. The van der Waals surface area contributed by atoms with Gasteiger partial charge in [-0.3, -0.25) is 19.3 Å². The van der Waals surface area contributed by atoms with Crippen molar-refractivity contribution in [3.8, 4) is 0 Å². The zero-order valence-electron chi connectivity index (χ0n) is 12.4. The maximum atomic E-state index is 11.8. The molecule has 6 nitrogen and oxygen atoms in total. The van der Waals surface area contributed by atoms with Gasteiger partial charge in [-0.25, -0.2) is 0 Å². The quantitative estimate of drug-likeness (QED) is 0.578. The van der Waals surface area contributed by atoms with Gasteiger partial charge in [0.2, 0.25) is 17.7 Å². The average Bonchev–Trinajstić information content (AvgIpc) is 2.65. The molecule has 2 N–H and O–H groups in total. The van der Waals surface area contributed by atoms with E-state index in [-0.39, 0.29) is 50.1 Å².